The number of esters is 1. The SMILES string of the molecule is CC(C)C(=O)C(C)(C)C.COC(=O)C(C)(C)C. The van der Waals surface area contributed by atoms with Crippen LogP contribution in [0.4, 0.5) is 0 Å². The van der Waals surface area contributed by atoms with Crippen molar-refractivity contribution in [3.05, 3.63) is 0 Å². The van der Waals surface area contributed by atoms with Gasteiger partial charge in [-0.25, -0.2) is 0 Å². The van der Waals surface area contributed by atoms with Gasteiger partial charge in [0.05, 0.1) is 12.5 Å². The third-order valence-corrected chi connectivity index (χ3v) is 2.06. The van der Waals surface area contributed by atoms with E-state index in [0.29, 0.717) is 5.78 Å². The lowest BCUT2D eigenvalue weighted by atomic mass is 9.85. The van der Waals surface area contributed by atoms with Crippen LogP contribution in [0.2, 0.25) is 0 Å². The van der Waals surface area contributed by atoms with E-state index in [1.807, 2.05) is 55.4 Å². The summed E-state index contributed by atoms with van der Waals surface area (Å²) >= 11 is 0. The first kappa shape index (κ1) is 18.5. The average molecular weight is 244 g/mol. The number of Topliss-reactive ketones (excluding diaryl/α,β-unsaturated/α-hetero) is 1. The van der Waals surface area contributed by atoms with Crippen molar-refractivity contribution in [2.45, 2.75) is 55.4 Å². The highest BCUT2D eigenvalue weighted by Crippen LogP contribution is 2.19. The molecule has 0 bridgehead atoms. The maximum absolute atomic E-state index is 11.2. The molecule has 0 unspecified atom stereocenters. The Balaban J connectivity index is 0. The molecular formula is C14H28O3. The van der Waals surface area contributed by atoms with Crippen LogP contribution in [0.15, 0.2) is 0 Å². The van der Waals surface area contributed by atoms with Gasteiger partial charge in [-0.1, -0.05) is 34.6 Å². The van der Waals surface area contributed by atoms with E-state index in [9.17, 15) is 9.59 Å². The van der Waals surface area contributed by atoms with E-state index in [1.165, 1.54) is 7.11 Å². The van der Waals surface area contributed by atoms with Gasteiger partial charge >= 0.3 is 5.97 Å². The van der Waals surface area contributed by atoms with Gasteiger partial charge in [0.15, 0.2) is 0 Å². The maximum atomic E-state index is 11.2. The van der Waals surface area contributed by atoms with Crippen molar-refractivity contribution >= 4 is 11.8 Å². The fraction of sp³-hybridized carbons (Fsp3) is 0.857. The summed E-state index contributed by atoms with van der Waals surface area (Å²) < 4.78 is 4.48. The Morgan fingerprint density at radius 2 is 1.24 bits per heavy atom. The quantitative estimate of drug-likeness (QED) is 0.663. The Kier molecular flexibility index (Phi) is 7.37. The van der Waals surface area contributed by atoms with Crippen molar-refractivity contribution in [3.63, 3.8) is 0 Å². The van der Waals surface area contributed by atoms with Gasteiger partial charge in [0.2, 0.25) is 0 Å². The Morgan fingerprint density at radius 3 is 1.24 bits per heavy atom. The molecule has 0 radical (unpaired) electrons. The number of methoxy groups -OCH3 is 1. The molecule has 0 aromatic rings. The molecule has 0 aromatic carbocycles. The zero-order chi connectivity index (χ0) is 14.4. The molecule has 0 saturated carbocycles. The Hall–Kier alpha value is -0.860. The van der Waals surface area contributed by atoms with E-state index >= 15 is 0 Å². The predicted octanol–water partition coefficient (Wildman–Crippen LogP) is 3.46. The van der Waals surface area contributed by atoms with E-state index in [2.05, 4.69) is 4.74 Å². The minimum atomic E-state index is -0.352. The summed E-state index contributed by atoms with van der Waals surface area (Å²) in [7, 11) is 1.40. The summed E-state index contributed by atoms with van der Waals surface area (Å²) in [5, 5.41) is 0. The summed E-state index contributed by atoms with van der Waals surface area (Å²) in [6.45, 7) is 15.2. The molecule has 0 atom stereocenters. The first-order valence-corrected chi connectivity index (χ1v) is 5.96. The van der Waals surface area contributed by atoms with Crippen molar-refractivity contribution in [3.8, 4) is 0 Å². The molecule has 0 aliphatic heterocycles. The van der Waals surface area contributed by atoms with Crippen LogP contribution in [0, 0.1) is 16.7 Å². The number of hydrogen-bond donors (Lipinski definition) is 0. The molecule has 0 aliphatic carbocycles. The van der Waals surface area contributed by atoms with Gasteiger partial charge in [-0.05, 0) is 20.8 Å². The molecular weight excluding hydrogens is 216 g/mol. The molecule has 0 aromatic heterocycles. The standard InChI is InChI=1S/C8H16O.C6H12O2/c1-6(2)7(9)8(3,4)5;1-6(2,3)5(7)8-4/h6H,1-5H3;1-4H3. The lowest BCUT2D eigenvalue weighted by molar-refractivity contribution is -0.149. The van der Waals surface area contributed by atoms with Crippen molar-refractivity contribution < 1.29 is 14.3 Å². The molecule has 0 rings (SSSR count). The number of ketones is 1. The van der Waals surface area contributed by atoms with E-state index in [-0.39, 0.29) is 22.7 Å². The van der Waals surface area contributed by atoms with Crippen LogP contribution in [0.25, 0.3) is 0 Å². The second-order valence-electron chi connectivity index (χ2n) is 6.51. The van der Waals surface area contributed by atoms with Crippen LogP contribution in [0.3, 0.4) is 0 Å². The summed E-state index contributed by atoms with van der Waals surface area (Å²) in [5.74, 6) is 0.338. The van der Waals surface area contributed by atoms with Crippen molar-refractivity contribution in [1.29, 1.82) is 0 Å². The van der Waals surface area contributed by atoms with E-state index in [4.69, 9.17) is 0 Å². The van der Waals surface area contributed by atoms with Gasteiger partial charge in [-0.3, -0.25) is 9.59 Å². The maximum Gasteiger partial charge on any atom is 0.310 e. The Morgan fingerprint density at radius 1 is 0.882 bits per heavy atom. The van der Waals surface area contributed by atoms with Crippen molar-refractivity contribution in [2.75, 3.05) is 7.11 Å². The van der Waals surface area contributed by atoms with Gasteiger partial charge in [-0.15, -0.1) is 0 Å². The highest BCUT2D eigenvalue weighted by molar-refractivity contribution is 5.85. The van der Waals surface area contributed by atoms with Crippen LogP contribution in [-0.2, 0) is 14.3 Å². The fourth-order valence-corrected chi connectivity index (χ4v) is 1.17. The van der Waals surface area contributed by atoms with Gasteiger partial charge < -0.3 is 4.74 Å². The molecule has 0 amide bonds. The van der Waals surface area contributed by atoms with E-state index in [1.54, 1.807) is 0 Å². The number of hydrogen-bond acceptors (Lipinski definition) is 3. The van der Waals surface area contributed by atoms with Gasteiger partial charge in [0.1, 0.15) is 5.78 Å². The van der Waals surface area contributed by atoms with Crippen LogP contribution in [-0.4, -0.2) is 18.9 Å². The molecule has 0 saturated heterocycles. The lowest BCUT2D eigenvalue weighted by Crippen LogP contribution is -2.24. The lowest BCUT2D eigenvalue weighted by Gasteiger charge is -2.18. The second kappa shape index (κ2) is 6.77. The molecule has 0 spiro atoms. The monoisotopic (exact) mass is 244 g/mol. The topological polar surface area (TPSA) is 43.4 Å². The van der Waals surface area contributed by atoms with Crippen LogP contribution >= 0.6 is 0 Å². The number of carbonyl (C=O) groups excluding carboxylic acids is 2. The van der Waals surface area contributed by atoms with Gasteiger partial charge in [0, 0.05) is 11.3 Å². The molecule has 0 aliphatic rings. The molecule has 0 fully saturated rings. The predicted molar refractivity (Wildman–Crippen MR) is 70.8 cm³/mol. The second-order valence-corrected chi connectivity index (χ2v) is 6.51. The van der Waals surface area contributed by atoms with E-state index in [0.717, 1.165) is 0 Å². The number of rotatable bonds is 1. The van der Waals surface area contributed by atoms with Gasteiger partial charge in [-0.2, -0.15) is 0 Å². The first-order valence-electron chi connectivity index (χ1n) is 5.96. The van der Waals surface area contributed by atoms with Crippen molar-refractivity contribution in [2.24, 2.45) is 16.7 Å². The summed E-state index contributed by atoms with van der Waals surface area (Å²) in [4.78, 5) is 21.8. The first-order chi connectivity index (χ1) is 7.34. The molecule has 0 N–H and O–H groups in total. The highest BCUT2D eigenvalue weighted by atomic mass is 16.5. The summed E-state index contributed by atoms with van der Waals surface area (Å²) in [5.41, 5.74) is -0.511. The van der Waals surface area contributed by atoms with Crippen LogP contribution in [0.5, 0.6) is 0 Å². The number of ether oxygens (including phenoxy) is 1. The van der Waals surface area contributed by atoms with Crippen LogP contribution < -0.4 is 0 Å². The van der Waals surface area contributed by atoms with Crippen LogP contribution in [0.1, 0.15) is 55.4 Å². The minimum Gasteiger partial charge on any atom is -0.469 e. The highest BCUT2D eigenvalue weighted by Gasteiger charge is 2.23. The van der Waals surface area contributed by atoms with E-state index < -0.39 is 0 Å². The Bertz CT molecular complexity index is 252. The largest absolute Gasteiger partial charge is 0.469 e. The number of carbonyl (C=O) groups is 2. The molecule has 3 heteroatoms. The molecule has 0 heterocycles. The van der Waals surface area contributed by atoms with Crippen molar-refractivity contribution in [1.82, 2.24) is 0 Å². The third kappa shape index (κ3) is 8.90. The smallest absolute Gasteiger partial charge is 0.310 e. The third-order valence-electron chi connectivity index (χ3n) is 2.06. The minimum absolute atomic E-state index is 0.159. The molecule has 102 valence electrons. The average Bonchev–Trinajstić information content (AvgIpc) is 2.13. The summed E-state index contributed by atoms with van der Waals surface area (Å²) in [6, 6.07) is 0. The Labute approximate surface area is 106 Å². The molecule has 17 heavy (non-hydrogen) atoms. The zero-order valence-corrected chi connectivity index (χ0v) is 12.8. The fourth-order valence-electron chi connectivity index (χ4n) is 1.17. The summed E-state index contributed by atoms with van der Waals surface area (Å²) in [6.07, 6.45) is 0. The zero-order valence-electron chi connectivity index (χ0n) is 12.8. The van der Waals surface area contributed by atoms with Gasteiger partial charge in [0.25, 0.3) is 0 Å². The normalized spacial score (nSPS) is 11.6. The molecule has 3 nitrogen and oxygen atoms in total.